The lowest BCUT2D eigenvalue weighted by molar-refractivity contribution is -0.142. The molecule has 1 amide bonds. The van der Waals surface area contributed by atoms with Crippen LogP contribution in [0.25, 0.3) is 10.1 Å². The summed E-state index contributed by atoms with van der Waals surface area (Å²) in [6, 6.07) is 5.66. The number of amides is 1. The molecule has 2 saturated heterocycles. The number of thiocarbonyl (C=S) groups is 1. The number of nitrogens with one attached hydrogen (secondary N) is 1. The summed E-state index contributed by atoms with van der Waals surface area (Å²) in [5.74, 6) is -0.353. The maximum atomic E-state index is 12.5. The maximum Gasteiger partial charge on any atom is 0.349 e. The van der Waals surface area contributed by atoms with Crippen LogP contribution in [0.15, 0.2) is 18.2 Å². The molecule has 0 bridgehead atoms. The molecule has 10 heteroatoms. The van der Waals surface area contributed by atoms with Gasteiger partial charge in [0.2, 0.25) is 0 Å². The van der Waals surface area contributed by atoms with Crippen molar-refractivity contribution in [1.29, 1.82) is 0 Å². The molecule has 2 fully saturated rings. The number of rotatable bonds is 3. The van der Waals surface area contributed by atoms with Crippen molar-refractivity contribution >= 4 is 67.9 Å². The first-order valence-electron chi connectivity index (χ1n) is 9.74. The summed E-state index contributed by atoms with van der Waals surface area (Å²) in [6.07, 6.45) is 1.48. The highest BCUT2D eigenvalue weighted by molar-refractivity contribution is 7.80. The van der Waals surface area contributed by atoms with Crippen molar-refractivity contribution in [2.45, 2.75) is 18.9 Å². The number of hydrogen-bond donors (Lipinski definition) is 1. The van der Waals surface area contributed by atoms with E-state index in [0.29, 0.717) is 47.8 Å². The van der Waals surface area contributed by atoms with Crippen LogP contribution in [0.1, 0.15) is 22.5 Å². The number of anilines is 1. The maximum absolute atomic E-state index is 12.5. The Bertz CT molecular complexity index is 982. The van der Waals surface area contributed by atoms with E-state index < -0.39 is 5.97 Å². The number of fused-ring (bicyclic) bond motifs is 1. The van der Waals surface area contributed by atoms with Crippen LogP contribution in [0.2, 0.25) is 5.02 Å². The highest BCUT2D eigenvalue weighted by atomic mass is 35.5. The molecule has 1 atom stereocenters. The van der Waals surface area contributed by atoms with Crippen molar-refractivity contribution in [2.24, 2.45) is 0 Å². The van der Waals surface area contributed by atoms with E-state index in [4.69, 9.17) is 33.3 Å². The summed E-state index contributed by atoms with van der Waals surface area (Å²) in [5.41, 5.74) is 0.819. The van der Waals surface area contributed by atoms with E-state index in [1.165, 1.54) is 18.4 Å². The Kier molecular flexibility index (Phi) is 6.43. The summed E-state index contributed by atoms with van der Waals surface area (Å²) < 4.78 is 11.2. The Hall–Kier alpha value is -1.94. The van der Waals surface area contributed by atoms with Gasteiger partial charge in [-0.05, 0) is 43.3 Å². The Morgan fingerprint density at radius 2 is 2.00 bits per heavy atom. The molecule has 160 valence electrons. The quantitative estimate of drug-likeness (QED) is 0.548. The second kappa shape index (κ2) is 9.05. The Morgan fingerprint density at radius 3 is 2.67 bits per heavy atom. The molecule has 2 aliphatic heterocycles. The zero-order chi connectivity index (χ0) is 21.3. The monoisotopic (exact) mass is 467 g/mol. The number of ether oxygens (including phenoxy) is 2. The molecule has 2 aliphatic rings. The molecular weight excluding hydrogens is 446 g/mol. The van der Waals surface area contributed by atoms with Gasteiger partial charge in [0.05, 0.1) is 12.1 Å². The molecule has 0 saturated carbocycles. The van der Waals surface area contributed by atoms with Gasteiger partial charge in [0.15, 0.2) is 5.11 Å². The molecule has 0 aliphatic carbocycles. The molecule has 1 N–H and O–H groups in total. The van der Waals surface area contributed by atoms with Crippen LogP contribution in [0.3, 0.4) is 0 Å². The fourth-order valence-electron chi connectivity index (χ4n) is 3.68. The molecule has 1 unspecified atom stereocenters. The lowest BCUT2D eigenvalue weighted by atomic mass is 10.2. The van der Waals surface area contributed by atoms with Crippen LogP contribution in [-0.4, -0.2) is 72.8 Å². The van der Waals surface area contributed by atoms with E-state index in [9.17, 15) is 9.59 Å². The highest BCUT2D eigenvalue weighted by Crippen LogP contribution is 2.37. The van der Waals surface area contributed by atoms with E-state index >= 15 is 0 Å². The molecule has 4 rings (SSSR count). The lowest BCUT2D eigenvalue weighted by Crippen LogP contribution is -2.53. The second-order valence-electron chi connectivity index (χ2n) is 7.19. The molecule has 1 aromatic heterocycles. The predicted octanol–water partition coefficient (Wildman–Crippen LogP) is 3.36. The van der Waals surface area contributed by atoms with Gasteiger partial charge in [0.25, 0.3) is 5.91 Å². The average molecular weight is 468 g/mol. The number of nitrogens with zero attached hydrogens (tertiary/aromatic N) is 2. The van der Waals surface area contributed by atoms with Gasteiger partial charge in [-0.2, -0.15) is 0 Å². The topological polar surface area (TPSA) is 71.1 Å². The summed E-state index contributed by atoms with van der Waals surface area (Å²) in [4.78, 5) is 28.6. The third kappa shape index (κ3) is 4.25. The number of piperazine rings is 1. The molecule has 30 heavy (non-hydrogen) atoms. The zero-order valence-corrected chi connectivity index (χ0v) is 18.9. The van der Waals surface area contributed by atoms with Crippen molar-refractivity contribution in [1.82, 2.24) is 9.80 Å². The minimum Gasteiger partial charge on any atom is -0.465 e. The van der Waals surface area contributed by atoms with Gasteiger partial charge in [-0.25, -0.2) is 4.79 Å². The van der Waals surface area contributed by atoms with Crippen molar-refractivity contribution < 1.29 is 19.1 Å². The fraction of sp³-hybridized carbons (Fsp3) is 0.450. The second-order valence-corrected chi connectivity index (χ2v) is 9.01. The molecular formula is C20H22ClN3O4S2. The van der Waals surface area contributed by atoms with Gasteiger partial charge in [-0.15, -0.1) is 11.3 Å². The van der Waals surface area contributed by atoms with Crippen molar-refractivity contribution in [3.8, 4) is 0 Å². The van der Waals surface area contributed by atoms with E-state index in [2.05, 4.69) is 10.2 Å². The van der Waals surface area contributed by atoms with Crippen molar-refractivity contribution in [3.63, 3.8) is 0 Å². The number of thiophene rings is 1. The summed E-state index contributed by atoms with van der Waals surface area (Å²) >= 11 is 13.2. The van der Waals surface area contributed by atoms with Crippen LogP contribution < -0.4 is 5.32 Å². The Morgan fingerprint density at radius 1 is 1.27 bits per heavy atom. The van der Waals surface area contributed by atoms with Gasteiger partial charge in [-0.1, -0.05) is 11.6 Å². The number of carbonyl (C=O) groups is 2. The van der Waals surface area contributed by atoms with Gasteiger partial charge < -0.3 is 24.6 Å². The van der Waals surface area contributed by atoms with E-state index in [1.807, 2.05) is 23.1 Å². The van der Waals surface area contributed by atoms with E-state index in [0.717, 1.165) is 28.6 Å². The molecule has 0 radical (unpaired) electrons. The summed E-state index contributed by atoms with van der Waals surface area (Å²) in [5, 5.41) is 5.07. The minimum atomic E-state index is -0.443. The standard InChI is InChI=1S/C20H22ClN3O4S2/c1-27-19(26)17-16(21)13-5-4-12(11-15(13)30-17)22-20(29)24-8-6-23(7-9-24)18(25)14-3-2-10-28-14/h4-5,11,14H,2-3,6-10H2,1H3,(H,22,29). The van der Waals surface area contributed by atoms with Crippen LogP contribution >= 0.6 is 35.2 Å². The smallest absolute Gasteiger partial charge is 0.349 e. The molecule has 3 heterocycles. The number of methoxy groups -OCH3 is 1. The molecule has 7 nitrogen and oxygen atoms in total. The largest absolute Gasteiger partial charge is 0.465 e. The number of halogens is 1. The van der Waals surface area contributed by atoms with Gasteiger partial charge in [0, 0.05) is 48.6 Å². The zero-order valence-electron chi connectivity index (χ0n) is 16.5. The average Bonchev–Trinajstić information content (AvgIpc) is 3.41. The van der Waals surface area contributed by atoms with Crippen LogP contribution in [0.4, 0.5) is 5.69 Å². The Balaban J connectivity index is 1.37. The van der Waals surface area contributed by atoms with Crippen LogP contribution in [-0.2, 0) is 14.3 Å². The normalized spacial score (nSPS) is 19.2. The number of carbonyl (C=O) groups excluding carboxylic acids is 2. The Labute approximate surface area is 188 Å². The number of hydrogen-bond acceptors (Lipinski definition) is 6. The van der Waals surface area contributed by atoms with Crippen LogP contribution in [0, 0.1) is 0 Å². The highest BCUT2D eigenvalue weighted by Gasteiger charge is 2.30. The SMILES string of the molecule is COC(=O)c1sc2cc(NC(=S)N3CCN(C(=O)C4CCCO4)CC3)ccc2c1Cl. The van der Waals surface area contributed by atoms with Gasteiger partial charge >= 0.3 is 5.97 Å². The van der Waals surface area contributed by atoms with E-state index in [1.54, 1.807) is 0 Å². The summed E-state index contributed by atoms with van der Waals surface area (Å²) in [7, 11) is 1.34. The predicted molar refractivity (Wildman–Crippen MR) is 122 cm³/mol. The summed E-state index contributed by atoms with van der Waals surface area (Å²) in [6.45, 7) is 3.27. The number of benzene rings is 1. The van der Waals surface area contributed by atoms with Gasteiger partial charge in [0.1, 0.15) is 11.0 Å². The van der Waals surface area contributed by atoms with Crippen molar-refractivity contribution in [2.75, 3.05) is 45.2 Å². The first kappa shape index (κ1) is 21.3. The first-order valence-corrected chi connectivity index (χ1v) is 11.3. The molecule has 0 spiro atoms. The third-order valence-electron chi connectivity index (χ3n) is 5.34. The van der Waals surface area contributed by atoms with Gasteiger partial charge in [-0.3, -0.25) is 4.79 Å². The van der Waals surface area contributed by atoms with Crippen LogP contribution in [0.5, 0.6) is 0 Å². The van der Waals surface area contributed by atoms with E-state index in [-0.39, 0.29) is 12.0 Å². The minimum absolute atomic E-state index is 0.0902. The third-order valence-corrected chi connectivity index (χ3v) is 7.33. The molecule has 2 aromatic rings. The lowest BCUT2D eigenvalue weighted by Gasteiger charge is -2.37. The fourth-order valence-corrected chi connectivity index (χ4v) is 5.44. The molecule has 1 aromatic carbocycles. The first-order chi connectivity index (χ1) is 14.5. The number of esters is 1. The van der Waals surface area contributed by atoms with Crippen molar-refractivity contribution in [3.05, 3.63) is 28.1 Å².